The van der Waals surface area contributed by atoms with Gasteiger partial charge in [0, 0.05) is 43.5 Å². The van der Waals surface area contributed by atoms with Gasteiger partial charge in [0.05, 0.1) is 11.7 Å². The SMILES string of the molecule is O=C(NCC1CCCO1)c1cc(NC(=O)C2CC2)ccc1N1CCC(Cc2ccccc2)CC1. The molecule has 0 bridgehead atoms. The third-order valence-corrected chi connectivity index (χ3v) is 7.29. The van der Waals surface area contributed by atoms with Crippen molar-refractivity contribution in [3.05, 3.63) is 59.7 Å². The van der Waals surface area contributed by atoms with Crippen LogP contribution in [0.25, 0.3) is 0 Å². The summed E-state index contributed by atoms with van der Waals surface area (Å²) in [6.45, 7) is 3.15. The predicted octanol–water partition coefficient (Wildman–Crippen LogP) is 4.40. The van der Waals surface area contributed by atoms with Gasteiger partial charge >= 0.3 is 0 Å². The van der Waals surface area contributed by atoms with E-state index in [9.17, 15) is 9.59 Å². The molecule has 2 amide bonds. The van der Waals surface area contributed by atoms with Gasteiger partial charge < -0.3 is 20.3 Å². The fourth-order valence-corrected chi connectivity index (χ4v) is 5.09. The lowest BCUT2D eigenvalue weighted by atomic mass is 9.89. The van der Waals surface area contributed by atoms with E-state index in [4.69, 9.17) is 4.74 Å². The van der Waals surface area contributed by atoms with Crippen molar-refractivity contribution in [1.82, 2.24) is 5.32 Å². The molecular weight excluding hydrogens is 426 g/mol. The van der Waals surface area contributed by atoms with Crippen LogP contribution in [0.3, 0.4) is 0 Å². The summed E-state index contributed by atoms with van der Waals surface area (Å²) in [5.74, 6) is 0.743. The number of benzene rings is 2. The molecule has 34 heavy (non-hydrogen) atoms. The molecule has 2 saturated heterocycles. The molecule has 3 fully saturated rings. The molecule has 2 aromatic carbocycles. The van der Waals surface area contributed by atoms with Gasteiger partial charge in [-0.15, -0.1) is 0 Å². The van der Waals surface area contributed by atoms with Gasteiger partial charge in [0.15, 0.2) is 0 Å². The summed E-state index contributed by atoms with van der Waals surface area (Å²) in [6.07, 6.45) is 7.35. The molecule has 180 valence electrons. The molecule has 2 heterocycles. The van der Waals surface area contributed by atoms with E-state index in [1.54, 1.807) is 0 Å². The zero-order valence-electron chi connectivity index (χ0n) is 19.8. The third-order valence-electron chi connectivity index (χ3n) is 7.29. The molecule has 1 saturated carbocycles. The van der Waals surface area contributed by atoms with Crippen LogP contribution in [0, 0.1) is 11.8 Å². The second kappa shape index (κ2) is 10.6. The number of piperidine rings is 1. The Balaban J connectivity index is 1.27. The topological polar surface area (TPSA) is 70.7 Å². The largest absolute Gasteiger partial charge is 0.376 e. The number of anilines is 2. The van der Waals surface area contributed by atoms with E-state index in [2.05, 4.69) is 45.9 Å². The van der Waals surface area contributed by atoms with Gasteiger partial charge in [-0.25, -0.2) is 0 Å². The molecule has 2 aliphatic heterocycles. The summed E-state index contributed by atoms with van der Waals surface area (Å²) in [5, 5.41) is 6.07. The van der Waals surface area contributed by atoms with Crippen molar-refractivity contribution in [3.63, 3.8) is 0 Å². The van der Waals surface area contributed by atoms with Crippen LogP contribution in [0.1, 0.15) is 54.4 Å². The Kier molecular flexibility index (Phi) is 7.14. The maximum absolute atomic E-state index is 13.2. The number of carbonyl (C=O) groups excluding carboxylic acids is 2. The highest BCUT2D eigenvalue weighted by atomic mass is 16.5. The van der Waals surface area contributed by atoms with Crippen molar-refractivity contribution >= 4 is 23.2 Å². The predicted molar refractivity (Wildman–Crippen MR) is 134 cm³/mol. The van der Waals surface area contributed by atoms with Gasteiger partial charge in [-0.1, -0.05) is 30.3 Å². The minimum absolute atomic E-state index is 0.0557. The van der Waals surface area contributed by atoms with Gasteiger partial charge in [0.1, 0.15) is 0 Å². The Hall–Kier alpha value is -2.86. The van der Waals surface area contributed by atoms with Crippen molar-refractivity contribution in [3.8, 4) is 0 Å². The molecule has 1 atom stereocenters. The van der Waals surface area contributed by atoms with Crippen molar-refractivity contribution in [1.29, 1.82) is 0 Å². The van der Waals surface area contributed by atoms with Crippen LogP contribution in [0.5, 0.6) is 0 Å². The Labute approximate surface area is 202 Å². The van der Waals surface area contributed by atoms with Crippen LogP contribution in [0.15, 0.2) is 48.5 Å². The van der Waals surface area contributed by atoms with E-state index >= 15 is 0 Å². The molecule has 1 aliphatic carbocycles. The smallest absolute Gasteiger partial charge is 0.253 e. The second-order valence-corrected chi connectivity index (χ2v) is 9.96. The van der Waals surface area contributed by atoms with Gasteiger partial charge in [-0.05, 0) is 74.6 Å². The zero-order chi connectivity index (χ0) is 23.3. The number of ether oxygens (including phenoxy) is 1. The Morgan fingerprint density at radius 2 is 1.76 bits per heavy atom. The number of rotatable bonds is 8. The summed E-state index contributed by atoms with van der Waals surface area (Å²) >= 11 is 0. The zero-order valence-corrected chi connectivity index (χ0v) is 19.8. The summed E-state index contributed by atoms with van der Waals surface area (Å²) < 4.78 is 5.67. The van der Waals surface area contributed by atoms with E-state index in [1.807, 2.05) is 18.2 Å². The maximum Gasteiger partial charge on any atom is 0.253 e. The summed E-state index contributed by atoms with van der Waals surface area (Å²) in [7, 11) is 0. The molecule has 5 rings (SSSR count). The molecule has 2 aromatic rings. The van der Waals surface area contributed by atoms with E-state index in [1.165, 1.54) is 5.56 Å². The first-order chi connectivity index (χ1) is 16.7. The van der Waals surface area contributed by atoms with Gasteiger partial charge in [0.25, 0.3) is 5.91 Å². The molecule has 1 unspecified atom stereocenters. The Bertz CT molecular complexity index is 991. The quantitative estimate of drug-likeness (QED) is 0.611. The number of nitrogens with zero attached hydrogens (tertiary/aromatic N) is 1. The molecule has 0 spiro atoms. The van der Waals surface area contributed by atoms with Gasteiger partial charge in [0.2, 0.25) is 5.91 Å². The lowest BCUT2D eigenvalue weighted by molar-refractivity contribution is -0.117. The van der Waals surface area contributed by atoms with E-state index in [-0.39, 0.29) is 23.8 Å². The lowest BCUT2D eigenvalue weighted by Crippen LogP contribution is -2.37. The highest BCUT2D eigenvalue weighted by Crippen LogP contribution is 2.33. The molecule has 0 aromatic heterocycles. The van der Waals surface area contributed by atoms with E-state index in [0.717, 1.165) is 70.3 Å². The molecule has 0 radical (unpaired) electrons. The van der Waals surface area contributed by atoms with Crippen LogP contribution >= 0.6 is 0 Å². The first-order valence-electron chi connectivity index (χ1n) is 12.8. The minimum Gasteiger partial charge on any atom is -0.376 e. The molecular formula is C28H35N3O3. The summed E-state index contributed by atoms with van der Waals surface area (Å²) in [5.41, 5.74) is 3.67. The van der Waals surface area contributed by atoms with Crippen LogP contribution < -0.4 is 15.5 Å². The van der Waals surface area contributed by atoms with Gasteiger partial charge in [-0.2, -0.15) is 0 Å². The highest BCUT2D eigenvalue weighted by Gasteiger charge is 2.30. The third kappa shape index (κ3) is 5.79. The normalized spacial score (nSPS) is 20.8. The summed E-state index contributed by atoms with van der Waals surface area (Å²) in [4.78, 5) is 27.9. The average molecular weight is 462 g/mol. The molecule has 6 nitrogen and oxygen atoms in total. The fourth-order valence-electron chi connectivity index (χ4n) is 5.09. The molecule has 2 N–H and O–H groups in total. The van der Waals surface area contributed by atoms with Crippen LogP contribution in [0.2, 0.25) is 0 Å². The summed E-state index contributed by atoms with van der Waals surface area (Å²) in [6, 6.07) is 16.5. The van der Waals surface area contributed by atoms with Crippen LogP contribution in [-0.2, 0) is 16.0 Å². The number of hydrogen-bond acceptors (Lipinski definition) is 4. The molecule has 6 heteroatoms. The first-order valence-corrected chi connectivity index (χ1v) is 12.8. The molecule has 3 aliphatic rings. The lowest BCUT2D eigenvalue weighted by Gasteiger charge is -2.35. The first kappa shape index (κ1) is 22.9. The van der Waals surface area contributed by atoms with Gasteiger partial charge in [-0.3, -0.25) is 9.59 Å². The van der Waals surface area contributed by atoms with Crippen molar-refractivity contribution in [2.75, 3.05) is 36.5 Å². The Morgan fingerprint density at radius 1 is 0.971 bits per heavy atom. The van der Waals surface area contributed by atoms with E-state index in [0.29, 0.717) is 23.7 Å². The van der Waals surface area contributed by atoms with Crippen LogP contribution in [-0.4, -0.2) is 44.2 Å². The number of hydrogen-bond donors (Lipinski definition) is 2. The minimum atomic E-state index is -0.0978. The maximum atomic E-state index is 13.2. The van der Waals surface area contributed by atoms with Crippen molar-refractivity contribution < 1.29 is 14.3 Å². The number of nitrogens with one attached hydrogen (secondary N) is 2. The monoisotopic (exact) mass is 461 g/mol. The van der Waals surface area contributed by atoms with Crippen molar-refractivity contribution in [2.45, 2.75) is 51.0 Å². The highest BCUT2D eigenvalue weighted by molar-refractivity contribution is 6.02. The average Bonchev–Trinajstić information content (AvgIpc) is 3.59. The van der Waals surface area contributed by atoms with E-state index < -0.39 is 0 Å². The van der Waals surface area contributed by atoms with Crippen LogP contribution in [0.4, 0.5) is 11.4 Å². The number of carbonyl (C=O) groups is 2. The number of amides is 2. The van der Waals surface area contributed by atoms with Crippen molar-refractivity contribution in [2.24, 2.45) is 11.8 Å². The second-order valence-electron chi connectivity index (χ2n) is 9.96. The fraction of sp³-hybridized carbons (Fsp3) is 0.500. The standard InChI is InChI=1S/C28H35N3O3/c32-27(22-8-9-22)30-23-10-11-26(25(18-23)28(33)29-19-24-7-4-16-34-24)31-14-12-21(13-15-31)17-20-5-2-1-3-6-20/h1-3,5-6,10-11,18,21-22,24H,4,7-9,12-17,19H2,(H,29,33)(H,30,32). The Morgan fingerprint density at radius 3 is 2.47 bits per heavy atom.